The van der Waals surface area contributed by atoms with E-state index in [0.29, 0.717) is 18.9 Å². The maximum atomic E-state index is 12.9. The number of rotatable bonds is 2. The van der Waals surface area contributed by atoms with Crippen molar-refractivity contribution >= 4 is 17.8 Å². The van der Waals surface area contributed by atoms with Crippen LogP contribution in [0, 0.1) is 12.8 Å². The predicted molar refractivity (Wildman–Crippen MR) is 96.4 cm³/mol. The number of nitrogens with one attached hydrogen (secondary N) is 1. The summed E-state index contributed by atoms with van der Waals surface area (Å²) in [6, 6.07) is 1.36. The summed E-state index contributed by atoms with van der Waals surface area (Å²) in [5, 5.41) is 7.30. The van der Waals surface area contributed by atoms with Crippen molar-refractivity contribution in [2.75, 3.05) is 24.5 Å². The number of aromatic nitrogens is 2. The summed E-state index contributed by atoms with van der Waals surface area (Å²) in [6.07, 6.45) is 4.94. The van der Waals surface area contributed by atoms with Crippen molar-refractivity contribution in [1.29, 1.82) is 0 Å². The Kier molecular flexibility index (Phi) is 5.30. The molecule has 3 amide bonds. The van der Waals surface area contributed by atoms with Crippen LogP contribution < -0.4 is 10.2 Å². The SMILES string of the molecule is Cc1cc(N2CCC[C@@H](NC(=O)N3CCCC[C@@H](C)C3)C2=O)n(C)n1. The zero-order valence-electron chi connectivity index (χ0n) is 15.5. The highest BCUT2D eigenvalue weighted by Gasteiger charge is 2.33. The second-order valence-corrected chi connectivity index (χ2v) is 7.45. The van der Waals surface area contributed by atoms with Gasteiger partial charge in [-0.15, -0.1) is 0 Å². The number of carbonyl (C=O) groups is 2. The maximum absolute atomic E-state index is 12.9. The number of amides is 3. The van der Waals surface area contributed by atoms with Crippen molar-refractivity contribution in [3.8, 4) is 0 Å². The van der Waals surface area contributed by atoms with Gasteiger partial charge in [-0.25, -0.2) is 4.79 Å². The smallest absolute Gasteiger partial charge is 0.318 e. The van der Waals surface area contributed by atoms with Gasteiger partial charge in [-0.2, -0.15) is 5.10 Å². The van der Waals surface area contributed by atoms with E-state index in [9.17, 15) is 9.59 Å². The molecule has 0 aliphatic carbocycles. The van der Waals surface area contributed by atoms with Crippen molar-refractivity contribution < 1.29 is 9.59 Å². The first-order valence-corrected chi connectivity index (χ1v) is 9.33. The summed E-state index contributed by atoms with van der Waals surface area (Å²) in [6.45, 7) is 6.32. The van der Waals surface area contributed by atoms with Crippen molar-refractivity contribution in [3.05, 3.63) is 11.8 Å². The molecule has 2 fully saturated rings. The lowest BCUT2D eigenvalue weighted by Crippen LogP contribution is -2.55. The lowest BCUT2D eigenvalue weighted by molar-refractivity contribution is -0.121. The minimum Gasteiger partial charge on any atom is -0.326 e. The Balaban J connectivity index is 1.66. The lowest BCUT2D eigenvalue weighted by Gasteiger charge is -2.33. The average Bonchev–Trinajstić information content (AvgIpc) is 2.77. The van der Waals surface area contributed by atoms with Gasteiger partial charge >= 0.3 is 6.03 Å². The fourth-order valence-corrected chi connectivity index (χ4v) is 3.87. The van der Waals surface area contributed by atoms with E-state index in [4.69, 9.17) is 0 Å². The molecule has 0 bridgehead atoms. The van der Waals surface area contributed by atoms with E-state index in [1.807, 2.05) is 24.9 Å². The molecule has 0 unspecified atom stereocenters. The normalized spacial score (nSPS) is 25.0. The van der Waals surface area contributed by atoms with E-state index in [0.717, 1.165) is 37.4 Å². The van der Waals surface area contributed by atoms with Crippen LogP contribution in [0.4, 0.5) is 10.6 Å². The minimum absolute atomic E-state index is 0.0366. The van der Waals surface area contributed by atoms with Gasteiger partial charge in [0.25, 0.3) is 5.91 Å². The Labute approximate surface area is 149 Å². The third-order valence-corrected chi connectivity index (χ3v) is 5.18. The fourth-order valence-electron chi connectivity index (χ4n) is 3.87. The van der Waals surface area contributed by atoms with Crippen molar-refractivity contribution in [2.45, 2.75) is 52.0 Å². The summed E-state index contributed by atoms with van der Waals surface area (Å²) in [7, 11) is 1.84. The third-order valence-electron chi connectivity index (χ3n) is 5.18. The number of urea groups is 1. The topological polar surface area (TPSA) is 70.5 Å². The largest absolute Gasteiger partial charge is 0.326 e. The number of piperidine rings is 1. The zero-order chi connectivity index (χ0) is 18.0. The molecule has 2 saturated heterocycles. The van der Waals surface area contributed by atoms with Gasteiger partial charge in [0.05, 0.1) is 5.69 Å². The molecule has 1 aromatic heterocycles. The van der Waals surface area contributed by atoms with Crippen LogP contribution in [0.3, 0.4) is 0 Å². The summed E-state index contributed by atoms with van der Waals surface area (Å²) in [5.41, 5.74) is 0.884. The van der Waals surface area contributed by atoms with Gasteiger partial charge in [-0.3, -0.25) is 14.4 Å². The first kappa shape index (κ1) is 17.8. The van der Waals surface area contributed by atoms with Crippen molar-refractivity contribution in [2.24, 2.45) is 13.0 Å². The van der Waals surface area contributed by atoms with E-state index in [1.165, 1.54) is 12.8 Å². The number of likely N-dealkylation sites (tertiary alicyclic amines) is 1. The molecule has 0 spiro atoms. The Morgan fingerprint density at radius 1 is 1.24 bits per heavy atom. The van der Waals surface area contributed by atoms with Crippen molar-refractivity contribution in [1.82, 2.24) is 20.0 Å². The molecule has 25 heavy (non-hydrogen) atoms. The molecule has 2 aliphatic rings. The first-order chi connectivity index (χ1) is 12.0. The summed E-state index contributed by atoms with van der Waals surface area (Å²) in [4.78, 5) is 29.2. The molecule has 3 heterocycles. The van der Waals surface area contributed by atoms with Crippen LogP contribution in [-0.2, 0) is 11.8 Å². The van der Waals surface area contributed by atoms with Crippen LogP contribution in [0.1, 0.15) is 44.7 Å². The molecule has 7 nitrogen and oxygen atoms in total. The second-order valence-electron chi connectivity index (χ2n) is 7.45. The van der Waals surface area contributed by atoms with E-state index >= 15 is 0 Å². The van der Waals surface area contributed by atoms with E-state index in [1.54, 1.807) is 9.58 Å². The molecule has 0 radical (unpaired) electrons. The molecule has 1 N–H and O–H groups in total. The number of nitrogens with zero attached hydrogens (tertiary/aromatic N) is 4. The number of anilines is 1. The first-order valence-electron chi connectivity index (χ1n) is 9.33. The highest BCUT2D eigenvalue weighted by molar-refractivity contribution is 5.99. The Morgan fingerprint density at radius 2 is 2.04 bits per heavy atom. The van der Waals surface area contributed by atoms with Crippen LogP contribution in [-0.4, -0.2) is 52.3 Å². The number of aryl methyl sites for hydroxylation is 2. The summed E-state index contributed by atoms with van der Waals surface area (Å²) in [5.74, 6) is 1.28. The standard InChI is InChI=1S/C18H29N5O2/c1-13-7-4-5-9-22(12-13)18(25)19-15-8-6-10-23(17(15)24)16-11-14(2)20-21(16)3/h11,13,15H,4-10,12H2,1-3H3,(H,19,25)/t13-,15-/m1/s1. The van der Waals surface area contributed by atoms with Crippen molar-refractivity contribution in [3.63, 3.8) is 0 Å². The van der Waals surface area contributed by atoms with Gasteiger partial charge in [-0.1, -0.05) is 13.3 Å². The van der Waals surface area contributed by atoms with Crippen LogP contribution in [0.15, 0.2) is 6.07 Å². The highest BCUT2D eigenvalue weighted by atomic mass is 16.2. The molecule has 2 atom stereocenters. The van der Waals surface area contributed by atoms with Gasteiger partial charge in [-0.05, 0) is 38.5 Å². The van der Waals surface area contributed by atoms with Gasteiger partial charge in [0.15, 0.2) is 0 Å². The van der Waals surface area contributed by atoms with Gasteiger partial charge in [0, 0.05) is 32.7 Å². The maximum Gasteiger partial charge on any atom is 0.318 e. The highest BCUT2D eigenvalue weighted by Crippen LogP contribution is 2.22. The van der Waals surface area contributed by atoms with Crippen LogP contribution >= 0.6 is 0 Å². The Morgan fingerprint density at radius 3 is 2.76 bits per heavy atom. The van der Waals surface area contributed by atoms with Crippen LogP contribution in [0.5, 0.6) is 0 Å². The molecular formula is C18H29N5O2. The lowest BCUT2D eigenvalue weighted by atomic mass is 10.0. The van der Waals surface area contributed by atoms with Crippen LogP contribution in [0.2, 0.25) is 0 Å². The molecule has 0 saturated carbocycles. The van der Waals surface area contributed by atoms with E-state index in [2.05, 4.69) is 17.3 Å². The van der Waals surface area contributed by atoms with E-state index in [-0.39, 0.29) is 11.9 Å². The predicted octanol–water partition coefficient (Wildman–Crippen LogP) is 2.06. The number of hydrogen-bond acceptors (Lipinski definition) is 3. The van der Waals surface area contributed by atoms with Gasteiger partial charge < -0.3 is 10.2 Å². The minimum atomic E-state index is -0.449. The molecule has 3 rings (SSSR count). The molecule has 1 aromatic rings. The van der Waals surface area contributed by atoms with Gasteiger partial charge in [0.2, 0.25) is 0 Å². The second kappa shape index (κ2) is 7.45. The average molecular weight is 347 g/mol. The number of carbonyl (C=O) groups excluding carboxylic acids is 2. The van der Waals surface area contributed by atoms with Gasteiger partial charge in [0.1, 0.15) is 11.9 Å². The summed E-state index contributed by atoms with van der Waals surface area (Å²) >= 11 is 0. The molecule has 7 heteroatoms. The summed E-state index contributed by atoms with van der Waals surface area (Å²) < 4.78 is 1.73. The van der Waals surface area contributed by atoms with Crippen LogP contribution in [0.25, 0.3) is 0 Å². The monoisotopic (exact) mass is 347 g/mol. The molecular weight excluding hydrogens is 318 g/mol. The molecule has 0 aromatic carbocycles. The molecule has 138 valence electrons. The third kappa shape index (κ3) is 3.96. The fraction of sp³-hybridized carbons (Fsp3) is 0.722. The molecule has 2 aliphatic heterocycles. The Bertz CT molecular complexity index is 641. The zero-order valence-corrected chi connectivity index (χ0v) is 15.5. The quantitative estimate of drug-likeness (QED) is 0.890. The number of hydrogen-bond donors (Lipinski definition) is 1. The Hall–Kier alpha value is -2.05. The van der Waals surface area contributed by atoms with E-state index < -0.39 is 6.04 Å².